The standard InChI is InChI=1S/C23H28N4O5/c24-17(11-12-20(25)28)21(29)26-18(13-15-7-3-1-4-8-15)22(30)27-19(23(31)32)14-16-9-5-2-6-10-16/h1-10,17-19H,11-14,24H2,(H2,25,28)(H,26,29)(H,27,30)(H,31,32). The van der Waals surface area contributed by atoms with Crippen molar-refractivity contribution in [3.05, 3.63) is 71.8 Å². The van der Waals surface area contributed by atoms with Crippen LogP contribution in [0.4, 0.5) is 0 Å². The number of hydrogen-bond acceptors (Lipinski definition) is 5. The van der Waals surface area contributed by atoms with Crippen LogP contribution in [0.2, 0.25) is 0 Å². The second kappa shape index (κ2) is 12.2. The van der Waals surface area contributed by atoms with Crippen molar-refractivity contribution in [3.8, 4) is 0 Å². The molecule has 3 unspecified atom stereocenters. The van der Waals surface area contributed by atoms with Crippen molar-refractivity contribution in [2.75, 3.05) is 0 Å². The van der Waals surface area contributed by atoms with Gasteiger partial charge in [0, 0.05) is 19.3 Å². The minimum atomic E-state index is -1.19. The molecule has 0 fully saturated rings. The molecule has 0 aliphatic carbocycles. The van der Waals surface area contributed by atoms with Gasteiger partial charge in [-0.25, -0.2) is 4.79 Å². The quantitative estimate of drug-likeness (QED) is 0.314. The number of amides is 3. The predicted octanol–water partition coefficient (Wildman–Crippen LogP) is 0.119. The molecule has 9 heteroatoms. The van der Waals surface area contributed by atoms with E-state index in [4.69, 9.17) is 11.5 Å². The van der Waals surface area contributed by atoms with Gasteiger partial charge in [-0.2, -0.15) is 0 Å². The maximum Gasteiger partial charge on any atom is 0.326 e. The maximum atomic E-state index is 13.0. The number of hydrogen-bond donors (Lipinski definition) is 5. The minimum absolute atomic E-state index is 0.0343. The van der Waals surface area contributed by atoms with Gasteiger partial charge < -0.3 is 27.2 Å². The van der Waals surface area contributed by atoms with Gasteiger partial charge >= 0.3 is 5.97 Å². The fourth-order valence-corrected chi connectivity index (χ4v) is 3.09. The van der Waals surface area contributed by atoms with Crippen molar-refractivity contribution in [2.24, 2.45) is 11.5 Å². The summed E-state index contributed by atoms with van der Waals surface area (Å²) in [6.45, 7) is 0. The smallest absolute Gasteiger partial charge is 0.326 e. The topological polar surface area (TPSA) is 165 Å². The highest BCUT2D eigenvalue weighted by molar-refractivity contribution is 5.92. The molecule has 170 valence electrons. The molecule has 9 nitrogen and oxygen atoms in total. The van der Waals surface area contributed by atoms with Crippen molar-refractivity contribution >= 4 is 23.7 Å². The lowest BCUT2D eigenvalue weighted by Crippen LogP contribution is -2.55. The molecule has 0 bridgehead atoms. The van der Waals surface area contributed by atoms with Crippen molar-refractivity contribution in [1.82, 2.24) is 10.6 Å². The van der Waals surface area contributed by atoms with Crippen LogP contribution >= 0.6 is 0 Å². The Morgan fingerprint density at radius 1 is 0.781 bits per heavy atom. The molecule has 0 radical (unpaired) electrons. The molecule has 0 aliphatic heterocycles. The number of rotatable bonds is 12. The van der Waals surface area contributed by atoms with Crippen molar-refractivity contribution in [1.29, 1.82) is 0 Å². The van der Waals surface area contributed by atoms with E-state index in [1.807, 2.05) is 12.1 Å². The first-order valence-electron chi connectivity index (χ1n) is 10.2. The highest BCUT2D eigenvalue weighted by atomic mass is 16.4. The van der Waals surface area contributed by atoms with Crippen LogP contribution in [0.1, 0.15) is 24.0 Å². The molecule has 7 N–H and O–H groups in total. The average Bonchev–Trinajstić information content (AvgIpc) is 2.77. The summed E-state index contributed by atoms with van der Waals surface area (Å²) >= 11 is 0. The number of benzene rings is 2. The van der Waals surface area contributed by atoms with Gasteiger partial charge in [0.05, 0.1) is 6.04 Å². The first kappa shape index (κ1) is 24.5. The van der Waals surface area contributed by atoms with Crippen LogP contribution in [0.25, 0.3) is 0 Å². The number of carboxylic acid groups (broad SMARTS) is 1. The third-order valence-electron chi connectivity index (χ3n) is 4.85. The van der Waals surface area contributed by atoms with E-state index in [0.29, 0.717) is 0 Å². The third kappa shape index (κ3) is 8.19. The number of nitrogens with one attached hydrogen (secondary N) is 2. The summed E-state index contributed by atoms with van der Waals surface area (Å²) in [6, 6.07) is 14.6. The molecule has 0 aromatic heterocycles. The molecule has 2 aromatic carbocycles. The summed E-state index contributed by atoms with van der Waals surface area (Å²) in [5.74, 6) is -3.05. The van der Waals surface area contributed by atoms with Gasteiger partial charge in [0.25, 0.3) is 0 Å². The molecule has 0 spiro atoms. The van der Waals surface area contributed by atoms with E-state index in [2.05, 4.69) is 10.6 Å². The van der Waals surface area contributed by atoms with Gasteiger partial charge in [-0.05, 0) is 17.5 Å². The number of nitrogens with two attached hydrogens (primary N) is 2. The van der Waals surface area contributed by atoms with Gasteiger partial charge in [0.1, 0.15) is 12.1 Å². The Bertz CT molecular complexity index is 920. The number of carbonyl (C=O) groups excluding carboxylic acids is 3. The zero-order valence-electron chi connectivity index (χ0n) is 17.6. The summed E-state index contributed by atoms with van der Waals surface area (Å²) in [7, 11) is 0. The summed E-state index contributed by atoms with van der Waals surface area (Å²) < 4.78 is 0. The Kier molecular flexibility index (Phi) is 9.37. The normalized spacial score (nSPS) is 13.4. The van der Waals surface area contributed by atoms with Crippen LogP contribution in [0.5, 0.6) is 0 Å². The van der Waals surface area contributed by atoms with Crippen LogP contribution in [-0.4, -0.2) is 46.9 Å². The summed E-state index contributed by atoms with van der Waals surface area (Å²) in [4.78, 5) is 48.1. The van der Waals surface area contributed by atoms with E-state index >= 15 is 0 Å². The highest BCUT2D eigenvalue weighted by Crippen LogP contribution is 2.07. The van der Waals surface area contributed by atoms with Crippen LogP contribution in [-0.2, 0) is 32.0 Å². The lowest BCUT2D eigenvalue weighted by atomic mass is 10.0. The van der Waals surface area contributed by atoms with Crippen LogP contribution < -0.4 is 22.1 Å². The van der Waals surface area contributed by atoms with Crippen LogP contribution in [0, 0.1) is 0 Å². The van der Waals surface area contributed by atoms with Gasteiger partial charge in [0.2, 0.25) is 17.7 Å². The second-order valence-corrected chi connectivity index (χ2v) is 7.45. The van der Waals surface area contributed by atoms with E-state index in [0.717, 1.165) is 11.1 Å². The fourth-order valence-electron chi connectivity index (χ4n) is 3.09. The molecule has 0 heterocycles. The van der Waals surface area contributed by atoms with Gasteiger partial charge in [-0.15, -0.1) is 0 Å². The lowest BCUT2D eigenvalue weighted by molar-refractivity contribution is -0.142. The van der Waals surface area contributed by atoms with E-state index in [-0.39, 0.29) is 25.7 Å². The Morgan fingerprint density at radius 2 is 1.25 bits per heavy atom. The Morgan fingerprint density at radius 3 is 1.72 bits per heavy atom. The average molecular weight is 441 g/mol. The van der Waals surface area contributed by atoms with E-state index in [1.54, 1.807) is 48.5 Å². The molecule has 0 saturated carbocycles. The lowest BCUT2D eigenvalue weighted by Gasteiger charge is -2.23. The Hall–Kier alpha value is -3.72. The summed E-state index contributed by atoms with van der Waals surface area (Å²) in [5, 5.41) is 14.7. The number of aliphatic carboxylic acids is 1. The SMILES string of the molecule is NC(=O)CCC(N)C(=O)NC(Cc1ccccc1)C(=O)NC(Cc1ccccc1)C(=O)O. The second-order valence-electron chi connectivity index (χ2n) is 7.45. The van der Waals surface area contributed by atoms with Crippen molar-refractivity contribution < 1.29 is 24.3 Å². The van der Waals surface area contributed by atoms with Crippen LogP contribution in [0.3, 0.4) is 0 Å². The molecule has 32 heavy (non-hydrogen) atoms. The molecule has 0 aliphatic rings. The molecule has 3 atom stereocenters. The van der Waals surface area contributed by atoms with E-state index in [9.17, 15) is 24.3 Å². The molecular weight excluding hydrogens is 412 g/mol. The first-order chi connectivity index (χ1) is 15.3. The van der Waals surface area contributed by atoms with E-state index in [1.165, 1.54) is 0 Å². The molecule has 2 aromatic rings. The number of carbonyl (C=O) groups is 4. The summed E-state index contributed by atoms with van der Waals surface area (Å²) in [6.07, 6.45) is 0.194. The molecular formula is C23H28N4O5. The van der Waals surface area contributed by atoms with Gasteiger partial charge in [-0.3, -0.25) is 14.4 Å². The fraction of sp³-hybridized carbons (Fsp3) is 0.304. The highest BCUT2D eigenvalue weighted by Gasteiger charge is 2.28. The first-order valence-corrected chi connectivity index (χ1v) is 10.2. The molecule has 3 amide bonds. The zero-order chi connectivity index (χ0) is 23.5. The Balaban J connectivity index is 2.13. The summed E-state index contributed by atoms with van der Waals surface area (Å²) in [5.41, 5.74) is 12.4. The maximum absolute atomic E-state index is 13.0. The Labute approximate surface area is 186 Å². The zero-order valence-corrected chi connectivity index (χ0v) is 17.6. The third-order valence-corrected chi connectivity index (χ3v) is 4.85. The number of carboxylic acids is 1. The van der Waals surface area contributed by atoms with Crippen molar-refractivity contribution in [3.63, 3.8) is 0 Å². The van der Waals surface area contributed by atoms with Gasteiger partial charge in [0.15, 0.2) is 0 Å². The molecule has 0 saturated heterocycles. The number of primary amides is 1. The minimum Gasteiger partial charge on any atom is -0.480 e. The monoisotopic (exact) mass is 440 g/mol. The molecule has 2 rings (SSSR count). The van der Waals surface area contributed by atoms with Crippen molar-refractivity contribution in [2.45, 2.75) is 43.8 Å². The van der Waals surface area contributed by atoms with Gasteiger partial charge in [-0.1, -0.05) is 60.7 Å². The largest absolute Gasteiger partial charge is 0.480 e. The van der Waals surface area contributed by atoms with Crippen LogP contribution in [0.15, 0.2) is 60.7 Å². The van der Waals surface area contributed by atoms with E-state index < -0.39 is 41.8 Å². The predicted molar refractivity (Wildman–Crippen MR) is 118 cm³/mol.